The van der Waals surface area contributed by atoms with Crippen molar-refractivity contribution in [3.05, 3.63) is 60.0 Å². The molecule has 3 heterocycles. The zero-order chi connectivity index (χ0) is 25.1. The van der Waals surface area contributed by atoms with Crippen molar-refractivity contribution in [1.82, 2.24) is 34.6 Å². The van der Waals surface area contributed by atoms with Gasteiger partial charge in [-0.3, -0.25) is 14.8 Å². The van der Waals surface area contributed by atoms with Crippen molar-refractivity contribution in [2.24, 2.45) is 5.92 Å². The summed E-state index contributed by atoms with van der Waals surface area (Å²) in [5, 5.41) is 3.74. The van der Waals surface area contributed by atoms with Crippen LogP contribution in [0.15, 0.2) is 37.3 Å². The Morgan fingerprint density at radius 3 is 2.83 bits per heavy atom. The van der Waals surface area contributed by atoms with Crippen molar-refractivity contribution in [3.63, 3.8) is 0 Å². The minimum atomic E-state index is -0.00635. The molecule has 0 spiro atoms. The predicted molar refractivity (Wildman–Crippen MR) is 146 cm³/mol. The fourth-order valence-electron chi connectivity index (χ4n) is 6.46. The second-order valence-corrected chi connectivity index (χ2v) is 11.1. The normalized spacial score (nSPS) is 26.8. The Morgan fingerprint density at radius 1 is 1.25 bits per heavy atom. The molecule has 0 aromatic carbocycles. The first-order valence-corrected chi connectivity index (χ1v) is 14.0. The molecule has 3 atom stereocenters. The molecule has 7 heteroatoms. The van der Waals surface area contributed by atoms with Gasteiger partial charge in [0.1, 0.15) is 5.66 Å². The molecule has 2 unspecified atom stereocenters. The van der Waals surface area contributed by atoms with Crippen LogP contribution in [0, 0.1) is 5.92 Å². The molecular weight excluding hydrogens is 446 g/mol. The quantitative estimate of drug-likeness (QED) is 0.381. The first-order valence-electron chi connectivity index (χ1n) is 14.0. The van der Waals surface area contributed by atoms with Gasteiger partial charge in [-0.2, -0.15) is 0 Å². The molecule has 196 valence electrons. The van der Waals surface area contributed by atoms with Gasteiger partial charge in [-0.05, 0) is 64.4 Å². The van der Waals surface area contributed by atoms with E-state index in [1.54, 1.807) is 0 Å². The monoisotopic (exact) mass is 491 g/mol. The Labute approximate surface area is 217 Å². The van der Waals surface area contributed by atoms with Crippen molar-refractivity contribution < 1.29 is 0 Å². The van der Waals surface area contributed by atoms with E-state index in [1.165, 1.54) is 41.9 Å². The van der Waals surface area contributed by atoms with Gasteiger partial charge >= 0.3 is 0 Å². The molecule has 1 N–H and O–H groups in total. The second-order valence-electron chi connectivity index (χ2n) is 11.1. The number of aromatic nitrogens is 3. The Kier molecular flexibility index (Phi) is 7.91. The number of hydrogen-bond donors (Lipinski definition) is 1. The van der Waals surface area contributed by atoms with E-state index < -0.39 is 0 Å². The van der Waals surface area contributed by atoms with E-state index in [-0.39, 0.29) is 5.66 Å². The van der Waals surface area contributed by atoms with Gasteiger partial charge in [-0.15, -0.1) is 6.58 Å². The Hall–Kier alpha value is -2.06. The highest BCUT2D eigenvalue weighted by Gasteiger charge is 2.59. The van der Waals surface area contributed by atoms with Crippen LogP contribution in [-0.4, -0.2) is 76.1 Å². The van der Waals surface area contributed by atoms with Crippen molar-refractivity contribution in [3.8, 4) is 0 Å². The van der Waals surface area contributed by atoms with Crippen LogP contribution in [0.5, 0.6) is 0 Å². The van der Waals surface area contributed by atoms with Crippen LogP contribution in [0.3, 0.4) is 0 Å². The zero-order valence-corrected chi connectivity index (χ0v) is 22.6. The molecular formula is C29H45N7. The molecule has 7 nitrogen and oxygen atoms in total. The number of likely N-dealkylation sites (N-methyl/N-ethyl adjacent to an activating group) is 1. The van der Waals surface area contributed by atoms with Gasteiger partial charge in [0.25, 0.3) is 0 Å². The summed E-state index contributed by atoms with van der Waals surface area (Å²) in [6.07, 6.45) is 13.3. The number of imidazole rings is 1. The maximum absolute atomic E-state index is 5.08. The average molecular weight is 492 g/mol. The van der Waals surface area contributed by atoms with Crippen LogP contribution in [0.4, 0.5) is 0 Å². The maximum Gasteiger partial charge on any atom is 0.106 e. The largest absolute Gasteiger partial charge is 0.313 e. The van der Waals surface area contributed by atoms with Crippen molar-refractivity contribution in [2.45, 2.75) is 70.2 Å². The minimum absolute atomic E-state index is 0.00635. The minimum Gasteiger partial charge on any atom is -0.313 e. The van der Waals surface area contributed by atoms with E-state index >= 15 is 0 Å². The Morgan fingerprint density at radius 2 is 2.08 bits per heavy atom. The van der Waals surface area contributed by atoms with Crippen LogP contribution < -0.4 is 5.32 Å². The molecule has 2 aliphatic carbocycles. The zero-order valence-electron chi connectivity index (χ0n) is 22.6. The van der Waals surface area contributed by atoms with E-state index in [4.69, 9.17) is 9.97 Å². The molecule has 3 aliphatic rings. The number of fused-ring (bicyclic) bond motifs is 1. The van der Waals surface area contributed by atoms with Crippen molar-refractivity contribution in [1.29, 1.82) is 0 Å². The third-order valence-corrected chi connectivity index (χ3v) is 8.76. The van der Waals surface area contributed by atoms with Crippen molar-refractivity contribution >= 4 is 0 Å². The highest BCUT2D eigenvalue weighted by atomic mass is 15.4. The van der Waals surface area contributed by atoms with Crippen LogP contribution in [0.25, 0.3) is 0 Å². The third kappa shape index (κ3) is 4.91. The molecule has 1 aliphatic heterocycles. The van der Waals surface area contributed by atoms with Crippen LogP contribution in [0.2, 0.25) is 0 Å². The lowest BCUT2D eigenvalue weighted by molar-refractivity contribution is 0.0492. The number of rotatable bonds is 11. The topological polar surface area (TPSA) is 52.5 Å². The Bertz CT molecular complexity index is 1020. The molecule has 2 aromatic heterocycles. The highest BCUT2D eigenvalue weighted by molar-refractivity contribution is 5.27. The van der Waals surface area contributed by atoms with E-state index in [1.807, 2.05) is 6.20 Å². The number of aryl methyl sites for hydroxylation is 1. The SMILES string of the molecule is C=CC1CC1(N1CCN(C)CC1)n1cnc(CN(C)[C@H]2CCCc3cccnc32)c1CNCCCC. The molecule has 2 fully saturated rings. The number of piperazine rings is 1. The van der Waals surface area contributed by atoms with Crippen molar-refractivity contribution in [2.75, 3.05) is 46.8 Å². The average Bonchev–Trinajstić information content (AvgIpc) is 3.52. The number of hydrogen-bond acceptors (Lipinski definition) is 6. The highest BCUT2D eigenvalue weighted by Crippen LogP contribution is 2.54. The molecule has 0 bridgehead atoms. The van der Waals surface area contributed by atoms with Gasteiger partial charge in [0.2, 0.25) is 0 Å². The molecule has 1 saturated heterocycles. The van der Waals surface area contributed by atoms with E-state index in [0.717, 1.165) is 65.1 Å². The number of pyridine rings is 1. The molecule has 0 amide bonds. The summed E-state index contributed by atoms with van der Waals surface area (Å²) < 4.78 is 2.53. The predicted octanol–water partition coefficient (Wildman–Crippen LogP) is 3.78. The van der Waals surface area contributed by atoms with E-state index in [9.17, 15) is 0 Å². The summed E-state index contributed by atoms with van der Waals surface area (Å²) in [4.78, 5) is 17.5. The van der Waals surface area contributed by atoms with Crippen LogP contribution >= 0.6 is 0 Å². The standard InChI is InChI=1S/C29H45N7/c1-5-7-13-30-20-27-25(21-34(4)26-12-8-10-23-11-9-14-31-28(23)26)32-22-36(27)29(19-24(29)6-2)35-17-15-33(3)16-18-35/h6,9,11,14,22,24,26,30H,2,5,7-8,10,12-13,15-21H2,1,3-4H3/t24?,26-,29?/m0/s1. The van der Waals surface area contributed by atoms with E-state index in [0.29, 0.717) is 12.0 Å². The fourth-order valence-corrected chi connectivity index (χ4v) is 6.46. The molecule has 5 rings (SSSR count). The maximum atomic E-state index is 5.08. The lowest BCUT2D eigenvalue weighted by Crippen LogP contribution is -2.52. The Balaban J connectivity index is 1.42. The van der Waals surface area contributed by atoms with Gasteiger partial charge in [-0.1, -0.05) is 25.5 Å². The lowest BCUT2D eigenvalue weighted by Gasteiger charge is -2.40. The molecule has 36 heavy (non-hydrogen) atoms. The molecule has 1 saturated carbocycles. The smallest absolute Gasteiger partial charge is 0.106 e. The van der Waals surface area contributed by atoms with Gasteiger partial charge < -0.3 is 14.8 Å². The first kappa shape index (κ1) is 25.6. The van der Waals surface area contributed by atoms with Crippen LogP contribution in [-0.2, 0) is 25.2 Å². The first-order chi connectivity index (χ1) is 17.6. The summed E-state index contributed by atoms with van der Waals surface area (Å²) >= 11 is 0. The van der Waals surface area contributed by atoms with Crippen LogP contribution in [0.1, 0.15) is 67.7 Å². The van der Waals surface area contributed by atoms with E-state index in [2.05, 4.69) is 76.7 Å². The van der Waals surface area contributed by atoms with Gasteiger partial charge in [-0.25, -0.2) is 4.98 Å². The van der Waals surface area contributed by atoms with Gasteiger partial charge in [0, 0.05) is 51.4 Å². The molecule has 0 radical (unpaired) electrons. The van der Waals surface area contributed by atoms with Gasteiger partial charge in [0.05, 0.1) is 29.5 Å². The van der Waals surface area contributed by atoms with Gasteiger partial charge in [0.15, 0.2) is 0 Å². The molecule has 2 aromatic rings. The summed E-state index contributed by atoms with van der Waals surface area (Å²) in [5.74, 6) is 0.476. The number of nitrogens with zero attached hydrogens (tertiary/aromatic N) is 6. The summed E-state index contributed by atoms with van der Waals surface area (Å²) in [7, 11) is 4.48. The summed E-state index contributed by atoms with van der Waals surface area (Å²) in [6, 6.07) is 4.68. The lowest BCUT2D eigenvalue weighted by atomic mass is 9.91. The number of nitrogens with one attached hydrogen (secondary N) is 1. The number of unbranched alkanes of at least 4 members (excludes halogenated alkanes) is 1. The summed E-state index contributed by atoms with van der Waals surface area (Å²) in [6.45, 7) is 13.6. The second kappa shape index (κ2) is 11.1. The fraction of sp³-hybridized carbons (Fsp3) is 0.655. The third-order valence-electron chi connectivity index (χ3n) is 8.76. The summed E-state index contributed by atoms with van der Waals surface area (Å²) in [5.41, 5.74) is 5.21.